The number of amides is 1. The first-order valence-corrected chi connectivity index (χ1v) is 7.60. The smallest absolute Gasteiger partial charge is 0.218 e. The molecule has 0 aliphatic carbocycles. The predicted octanol–water partition coefficient (Wildman–Crippen LogP) is 4.48. The van der Waals surface area contributed by atoms with Crippen LogP contribution in [0.15, 0.2) is 48.7 Å². The molecule has 3 rings (SSSR count). The number of carbonyl (C=O) groups is 1. The summed E-state index contributed by atoms with van der Waals surface area (Å²) in [5, 5.41) is 2.26. The highest BCUT2D eigenvalue weighted by molar-refractivity contribution is 6.31. The number of carbonyl (C=O) groups excluding carboxylic acids is 1. The van der Waals surface area contributed by atoms with Gasteiger partial charge >= 0.3 is 0 Å². The van der Waals surface area contributed by atoms with Crippen molar-refractivity contribution in [3.8, 4) is 0 Å². The van der Waals surface area contributed by atoms with E-state index < -0.39 is 0 Å². The standard InChI is InChI=1S/C17H14Cl2N2O/c18-11-3-1-2-10(6-11)13(8-17(20)22)15-9-21-16-5-4-12(19)7-14(15)16/h1-7,9,13,21H,8H2,(H2,20,22). The highest BCUT2D eigenvalue weighted by Gasteiger charge is 2.20. The number of benzene rings is 2. The van der Waals surface area contributed by atoms with Crippen LogP contribution in [-0.4, -0.2) is 10.9 Å². The highest BCUT2D eigenvalue weighted by Crippen LogP contribution is 2.35. The van der Waals surface area contributed by atoms with Crippen molar-refractivity contribution >= 4 is 40.0 Å². The Hall–Kier alpha value is -1.97. The van der Waals surface area contributed by atoms with Crippen molar-refractivity contribution in [1.82, 2.24) is 4.98 Å². The van der Waals surface area contributed by atoms with Gasteiger partial charge in [0.2, 0.25) is 5.91 Å². The molecule has 1 aromatic heterocycles. The van der Waals surface area contributed by atoms with E-state index in [0.29, 0.717) is 10.0 Å². The quantitative estimate of drug-likeness (QED) is 0.726. The molecule has 3 N–H and O–H groups in total. The van der Waals surface area contributed by atoms with Gasteiger partial charge in [-0.05, 0) is 41.5 Å². The normalized spacial score (nSPS) is 12.5. The van der Waals surface area contributed by atoms with Gasteiger partial charge in [0.15, 0.2) is 0 Å². The molecule has 0 radical (unpaired) electrons. The van der Waals surface area contributed by atoms with Crippen molar-refractivity contribution in [2.45, 2.75) is 12.3 Å². The minimum absolute atomic E-state index is 0.164. The van der Waals surface area contributed by atoms with Gasteiger partial charge in [0, 0.05) is 39.5 Å². The van der Waals surface area contributed by atoms with Gasteiger partial charge in [-0.25, -0.2) is 0 Å². The Morgan fingerprint density at radius 3 is 2.64 bits per heavy atom. The molecule has 1 atom stereocenters. The van der Waals surface area contributed by atoms with Crippen molar-refractivity contribution in [1.29, 1.82) is 0 Å². The number of nitrogens with one attached hydrogen (secondary N) is 1. The first-order chi connectivity index (χ1) is 10.5. The zero-order valence-electron chi connectivity index (χ0n) is 11.6. The minimum Gasteiger partial charge on any atom is -0.370 e. The first-order valence-electron chi connectivity index (χ1n) is 6.85. The zero-order valence-corrected chi connectivity index (χ0v) is 13.2. The van der Waals surface area contributed by atoms with Crippen LogP contribution in [0.3, 0.4) is 0 Å². The van der Waals surface area contributed by atoms with Crippen LogP contribution in [0.5, 0.6) is 0 Å². The van der Waals surface area contributed by atoms with Gasteiger partial charge in [-0.15, -0.1) is 0 Å². The van der Waals surface area contributed by atoms with E-state index in [9.17, 15) is 4.79 Å². The van der Waals surface area contributed by atoms with Gasteiger partial charge in [-0.3, -0.25) is 4.79 Å². The Balaban J connectivity index is 2.15. The average Bonchev–Trinajstić information content (AvgIpc) is 2.87. The molecule has 0 fully saturated rings. The Morgan fingerprint density at radius 1 is 1.14 bits per heavy atom. The van der Waals surface area contributed by atoms with Crippen molar-refractivity contribution in [2.24, 2.45) is 5.73 Å². The van der Waals surface area contributed by atoms with Crippen LogP contribution in [0.25, 0.3) is 10.9 Å². The molecule has 0 saturated carbocycles. The Kier molecular flexibility index (Phi) is 4.10. The summed E-state index contributed by atoms with van der Waals surface area (Å²) in [6, 6.07) is 13.1. The molecule has 3 aromatic rings. The van der Waals surface area contributed by atoms with Gasteiger partial charge in [0.25, 0.3) is 0 Å². The molecule has 1 heterocycles. The van der Waals surface area contributed by atoms with Crippen molar-refractivity contribution in [2.75, 3.05) is 0 Å². The second-order valence-corrected chi connectivity index (χ2v) is 6.08. The van der Waals surface area contributed by atoms with Gasteiger partial charge in [-0.2, -0.15) is 0 Å². The maximum atomic E-state index is 11.5. The topological polar surface area (TPSA) is 58.9 Å². The molecule has 0 aliphatic heterocycles. The zero-order chi connectivity index (χ0) is 15.7. The van der Waals surface area contributed by atoms with Crippen LogP contribution in [0.1, 0.15) is 23.5 Å². The van der Waals surface area contributed by atoms with E-state index in [0.717, 1.165) is 22.0 Å². The molecule has 1 unspecified atom stereocenters. The van der Waals surface area contributed by atoms with Gasteiger partial charge < -0.3 is 10.7 Å². The summed E-state index contributed by atoms with van der Waals surface area (Å²) in [6.07, 6.45) is 2.11. The summed E-state index contributed by atoms with van der Waals surface area (Å²) in [4.78, 5) is 14.7. The van der Waals surface area contributed by atoms with Crippen molar-refractivity contribution in [3.63, 3.8) is 0 Å². The second-order valence-electron chi connectivity index (χ2n) is 5.21. The molecule has 3 nitrogen and oxygen atoms in total. The molecule has 2 aromatic carbocycles. The number of primary amides is 1. The number of nitrogens with two attached hydrogens (primary N) is 1. The Labute approximate surface area is 138 Å². The number of hydrogen-bond donors (Lipinski definition) is 2. The first kappa shape index (κ1) is 14.9. The largest absolute Gasteiger partial charge is 0.370 e. The lowest BCUT2D eigenvalue weighted by Gasteiger charge is -2.16. The monoisotopic (exact) mass is 332 g/mol. The van der Waals surface area contributed by atoms with Crippen LogP contribution < -0.4 is 5.73 Å². The molecular weight excluding hydrogens is 319 g/mol. The van der Waals surface area contributed by atoms with Crippen molar-refractivity contribution in [3.05, 3.63) is 69.8 Å². The molecule has 0 bridgehead atoms. The second kappa shape index (κ2) is 6.03. The number of halogens is 2. The predicted molar refractivity (Wildman–Crippen MR) is 90.4 cm³/mol. The number of hydrogen-bond acceptors (Lipinski definition) is 1. The van der Waals surface area contributed by atoms with Crippen LogP contribution in [0.4, 0.5) is 0 Å². The fourth-order valence-corrected chi connectivity index (χ4v) is 3.11. The molecule has 0 spiro atoms. The fraction of sp³-hybridized carbons (Fsp3) is 0.118. The van der Waals surface area contributed by atoms with Gasteiger partial charge in [0.1, 0.15) is 0 Å². The average molecular weight is 333 g/mol. The number of rotatable bonds is 4. The lowest BCUT2D eigenvalue weighted by atomic mass is 9.88. The number of aromatic nitrogens is 1. The minimum atomic E-state index is -0.360. The summed E-state index contributed by atoms with van der Waals surface area (Å²) >= 11 is 12.2. The molecule has 5 heteroatoms. The Bertz CT molecular complexity index is 842. The molecule has 0 saturated heterocycles. The van der Waals surface area contributed by atoms with Crippen LogP contribution in [-0.2, 0) is 4.79 Å². The van der Waals surface area contributed by atoms with E-state index in [4.69, 9.17) is 28.9 Å². The molecule has 112 valence electrons. The third kappa shape index (κ3) is 2.96. The molecule has 1 amide bonds. The van der Waals surface area contributed by atoms with E-state index in [-0.39, 0.29) is 18.2 Å². The van der Waals surface area contributed by atoms with E-state index in [1.807, 2.05) is 42.6 Å². The van der Waals surface area contributed by atoms with Crippen molar-refractivity contribution < 1.29 is 4.79 Å². The van der Waals surface area contributed by atoms with Crippen LogP contribution >= 0.6 is 23.2 Å². The van der Waals surface area contributed by atoms with Crippen LogP contribution in [0.2, 0.25) is 10.0 Å². The Morgan fingerprint density at radius 2 is 1.91 bits per heavy atom. The molecular formula is C17H14Cl2N2O. The number of fused-ring (bicyclic) bond motifs is 1. The maximum Gasteiger partial charge on any atom is 0.218 e. The number of aromatic amines is 1. The maximum absolute atomic E-state index is 11.5. The third-order valence-corrected chi connectivity index (χ3v) is 4.18. The lowest BCUT2D eigenvalue weighted by molar-refractivity contribution is -0.118. The van der Waals surface area contributed by atoms with Gasteiger partial charge in [0.05, 0.1) is 0 Å². The summed E-state index contributed by atoms with van der Waals surface area (Å²) in [5.41, 5.74) is 8.34. The molecule has 0 aliphatic rings. The van der Waals surface area contributed by atoms with Crippen LogP contribution in [0, 0.1) is 0 Å². The summed E-state index contributed by atoms with van der Waals surface area (Å²) < 4.78 is 0. The van der Waals surface area contributed by atoms with E-state index in [1.54, 1.807) is 6.07 Å². The summed E-state index contributed by atoms with van der Waals surface area (Å²) in [6.45, 7) is 0. The summed E-state index contributed by atoms with van der Waals surface area (Å²) in [7, 11) is 0. The number of H-pyrrole nitrogens is 1. The fourth-order valence-electron chi connectivity index (χ4n) is 2.73. The summed E-state index contributed by atoms with van der Waals surface area (Å²) in [5.74, 6) is -0.523. The van der Waals surface area contributed by atoms with E-state index in [1.165, 1.54) is 0 Å². The van der Waals surface area contributed by atoms with E-state index in [2.05, 4.69) is 4.98 Å². The molecule has 22 heavy (non-hydrogen) atoms. The third-order valence-electron chi connectivity index (χ3n) is 3.71. The van der Waals surface area contributed by atoms with E-state index >= 15 is 0 Å². The lowest BCUT2D eigenvalue weighted by Crippen LogP contribution is -2.16. The SMILES string of the molecule is NC(=O)CC(c1cccc(Cl)c1)c1c[nH]c2ccc(Cl)cc12. The highest BCUT2D eigenvalue weighted by atomic mass is 35.5. The van der Waals surface area contributed by atoms with Gasteiger partial charge in [-0.1, -0.05) is 35.3 Å².